The van der Waals surface area contributed by atoms with E-state index in [0.717, 1.165) is 50.6 Å². The van der Waals surface area contributed by atoms with E-state index < -0.39 is 6.10 Å². The molecule has 0 aliphatic carbocycles. The number of hydrogen-bond acceptors (Lipinski definition) is 7. The summed E-state index contributed by atoms with van der Waals surface area (Å²) >= 11 is 0. The summed E-state index contributed by atoms with van der Waals surface area (Å²) in [6.45, 7) is 3.97. The molecule has 0 bridgehead atoms. The van der Waals surface area contributed by atoms with Gasteiger partial charge in [0.1, 0.15) is 24.3 Å². The highest BCUT2D eigenvalue weighted by atomic mass is 16.5. The monoisotopic (exact) mass is 430 g/mol. The van der Waals surface area contributed by atoms with Crippen molar-refractivity contribution in [3.05, 3.63) is 48.0 Å². The molecule has 1 aliphatic heterocycles. The van der Waals surface area contributed by atoms with E-state index in [0.29, 0.717) is 6.54 Å². The number of carbonyl (C=O) groups excluding carboxylic acids is 1. The minimum atomic E-state index is -0.571. The maximum atomic E-state index is 11.6. The predicted molar refractivity (Wildman–Crippen MR) is 118 cm³/mol. The van der Waals surface area contributed by atoms with Crippen LogP contribution in [0.4, 0.5) is 0 Å². The summed E-state index contributed by atoms with van der Waals surface area (Å²) in [7, 11) is 5.51. The molecule has 1 fully saturated rings. The highest BCUT2D eigenvalue weighted by Crippen LogP contribution is 2.19. The summed E-state index contributed by atoms with van der Waals surface area (Å²) in [4.78, 5) is 20.4. The van der Waals surface area contributed by atoms with Crippen molar-refractivity contribution >= 4 is 5.97 Å². The summed E-state index contributed by atoms with van der Waals surface area (Å²) in [6.07, 6.45) is 4.74. The Morgan fingerprint density at radius 3 is 2.58 bits per heavy atom. The number of aryl methyl sites for hydroxylation is 1. The molecule has 8 heteroatoms. The summed E-state index contributed by atoms with van der Waals surface area (Å²) < 4.78 is 12.6. The second kappa shape index (κ2) is 11.3. The van der Waals surface area contributed by atoms with Crippen molar-refractivity contribution in [2.45, 2.75) is 32.0 Å². The number of esters is 1. The maximum absolute atomic E-state index is 11.6. The van der Waals surface area contributed by atoms with Crippen molar-refractivity contribution in [3.8, 4) is 5.75 Å². The van der Waals surface area contributed by atoms with Crippen molar-refractivity contribution < 1.29 is 19.4 Å². The van der Waals surface area contributed by atoms with Crippen LogP contribution in [0.25, 0.3) is 0 Å². The van der Waals surface area contributed by atoms with Crippen molar-refractivity contribution in [2.75, 3.05) is 40.4 Å². The Bertz CT molecular complexity index is 815. The molecule has 0 amide bonds. The number of ether oxygens (including phenoxy) is 2. The Kier molecular flexibility index (Phi) is 8.45. The van der Waals surface area contributed by atoms with Crippen molar-refractivity contribution in [2.24, 2.45) is 13.0 Å². The quantitative estimate of drug-likeness (QED) is 0.575. The van der Waals surface area contributed by atoms with E-state index in [4.69, 9.17) is 9.47 Å². The Labute approximate surface area is 184 Å². The van der Waals surface area contributed by atoms with Gasteiger partial charge in [-0.1, -0.05) is 12.1 Å². The number of nitrogens with zero attached hydrogens (tertiary/aromatic N) is 4. The number of likely N-dealkylation sites (tertiary alicyclic amines) is 1. The molecule has 0 spiro atoms. The van der Waals surface area contributed by atoms with E-state index in [1.807, 2.05) is 48.3 Å². The van der Waals surface area contributed by atoms with E-state index in [-0.39, 0.29) is 18.5 Å². The van der Waals surface area contributed by atoms with Crippen LogP contribution in [0.5, 0.6) is 5.75 Å². The second-order valence-corrected chi connectivity index (χ2v) is 8.33. The van der Waals surface area contributed by atoms with Crippen LogP contribution in [0.3, 0.4) is 0 Å². The minimum absolute atomic E-state index is 0.0177. The number of aliphatic hydroxyl groups is 1. The molecule has 0 radical (unpaired) electrons. The van der Waals surface area contributed by atoms with Crippen LogP contribution in [0.15, 0.2) is 36.7 Å². The molecule has 1 aromatic heterocycles. The first-order chi connectivity index (χ1) is 14.9. The lowest BCUT2D eigenvalue weighted by Gasteiger charge is -2.31. The highest BCUT2D eigenvalue weighted by Gasteiger charge is 2.26. The first-order valence-electron chi connectivity index (χ1n) is 10.8. The molecular formula is C23H34N4O4. The van der Waals surface area contributed by atoms with E-state index in [2.05, 4.69) is 21.8 Å². The number of piperidine rings is 1. The largest absolute Gasteiger partial charge is 0.491 e. The molecule has 2 heterocycles. The zero-order valence-corrected chi connectivity index (χ0v) is 18.7. The zero-order valence-electron chi connectivity index (χ0n) is 18.7. The molecule has 1 saturated heterocycles. The molecule has 1 N–H and O–H groups in total. The summed E-state index contributed by atoms with van der Waals surface area (Å²) in [6, 6.07) is 7.99. The number of β-amino-alcohol motifs (C(OH)–C–C–N with tert-alkyl or cyclic N) is 1. The summed E-state index contributed by atoms with van der Waals surface area (Å²) in [5, 5.41) is 10.3. The van der Waals surface area contributed by atoms with E-state index in [9.17, 15) is 9.90 Å². The minimum Gasteiger partial charge on any atom is -0.491 e. The van der Waals surface area contributed by atoms with Gasteiger partial charge >= 0.3 is 5.97 Å². The molecule has 1 aromatic carbocycles. The van der Waals surface area contributed by atoms with Crippen LogP contribution in [0, 0.1) is 5.92 Å². The fraction of sp³-hybridized carbons (Fsp3) is 0.565. The lowest BCUT2D eigenvalue weighted by Crippen LogP contribution is -2.42. The molecule has 1 atom stereocenters. The Morgan fingerprint density at radius 1 is 1.26 bits per heavy atom. The van der Waals surface area contributed by atoms with Gasteiger partial charge in [0.25, 0.3) is 0 Å². The molecule has 3 rings (SSSR count). The molecule has 8 nitrogen and oxygen atoms in total. The van der Waals surface area contributed by atoms with Crippen LogP contribution in [0.2, 0.25) is 0 Å². The van der Waals surface area contributed by atoms with Gasteiger partial charge in [0, 0.05) is 32.5 Å². The number of aromatic nitrogens is 2. The predicted octanol–water partition coefficient (Wildman–Crippen LogP) is 1.68. The Morgan fingerprint density at radius 2 is 1.97 bits per heavy atom. The first kappa shape index (κ1) is 23.2. The zero-order chi connectivity index (χ0) is 22.2. The van der Waals surface area contributed by atoms with Crippen molar-refractivity contribution in [1.82, 2.24) is 19.4 Å². The molecule has 2 aromatic rings. The third kappa shape index (κ3) is 7.05. The standard InChI is InChI=1S/C23H34N4O4/c1-25(16-22-24-10-13-26(22)2)14-18-4-6-21(7-5-18)31-17-20(28)15-27-11-8-19(9-12-27)23(29)30-3/h4-7,10,13,19-20,28H,8-9,11-12,14-17H2,1-3H3/t20-/m0/s1. The average molecular weight is 431 g/mol. The lowest BCUT2D eigenvalue weighted by atomic mass is 9.97. The van der Waals surface area contributed by atoms with Crippen LogP contribution in [-0.2, 0) is 29.7 Å². The van der Waals surface area contributed by atoms with Gasteiger partial charge in [-0.25, -0.2) is 4.98 Å². The SMILES string of the molecule is COC(=O)C1CCN(C[C@H](O)COc2ccc(CN(C)Cc3nccn3C)cc2)CC1. The number of rotatable bonds is 10. The number of imidazole rings is 1. The number of carbonyl (C=O) groups is 1. The van der Waals surface area contributed by atoms with Gasteiger partial charge < -0.3 is 24.0 Å². The topological polar surface area (TPSA) is 80.1 Å². The second-order valence-electron chi connectivity index (χ2n) is 8.33. The lowest BCUT2D eigenvalue weighted by molar-refractivity contribution is -0.147. The Hall–Kier alpha value is -2.42. The van der Waals surface area contributed by atoms with E-state index >= 15 is 0 Å². The van der Waals surface area contributed by atoms with E-state index in [1.165, 1.54) is 12.7 Å². The van der Waals surface area contributed by atoms with Crippen LogP contribution in [0.1, 0.15) is 24.2 Å². The third-order valence-electron chi connectivity index (χ3n) is 5.74. The van der Waals surface area contributed by atoms with Gasteiger partial charge in [-0.3, -0.25) is 9.69 Å². The summed E-state index contributed by atoms with van der Waals surface area (Å²) in [5.41, 5.74) is 1.19. The number of methoxy groups -OCH3 is 1. The van der Waals surface area contributed by atoms with E-state index in [1.54, 1.807) is 0 Å². The smallest absolute Gasteiger partial charge is 0.308 e. The maximum Gasteiger partial charge on any atom is 0.308 e. The molecule has 1 aliphatic rings. The van der Waals surface area contributed by atoms with Crippen LogP contribution >= 0.6 is 0 Å². The van der Waals surface area contributed by atoms with Crippen LogP contribution in [-0.4, -0.2) is 76.9 Å². The van der Waals surface area contributed by atoms with Gasteiger partial charge in [-0.2, -0.15) is 0 Å². The highest BCUT2D eigenvalue weighted by molar-refractivity contribution is 5.72. The van der Waals surface area contributed by atoms with Gasteiger partial charge in [-0.15, -0.1) is 0 Å². The third-order valence-corrected chi connectivity index (χ3v) is 5.74. The van der Waals surface area contributed by atoms with Crippen LogP contribution < -0.4 is 4.74 Å². The molecule has 31 heavy (non-hydrogen) atoms. The number of benzene rings is 1. The fourth-order valence-corrected chi connectivity index (χ4v) is 3.91. The first-order valence-corrected chi connectivity index (χ1v) is 10.8. The average Bonchev–Trinajstić information content (AvgIpc) is 3.17. The van der Waals surface area contributed by atoms with Gasteiger partial charge in [0.2, 0.25) is 0 Å². The van der Waals surface area contributed by atoms with Gasteiger partial charge in [0.15, 0.2) is 0 Å². The summed E-state index contributed by atoms with van der Waals surface area (Å²) in [5.74, 6) is 1.63. The number of hydrogen-bond donors (Lipinski definition) is 1. The molecule has 0 saturated carbocycles. The number of aliphatic hydroxyl groups excluding tert-OH is 1. The van der Waals surface area contributed by atoms with Gasteiger partial charge in [-0.05, 0) is 50.7 Å². The van der Waals surface area contributed by atoms with Crippen molar-refractivity contribution in [1.29, 1.82) is 0 Å². The van der Waals surface area contributed by atoms with Crippen molar-refractivity contribution in [3.63, 3.8) is 0 Å². The van der Waals surface area contributed by atoms with Gasteiger partial charge in [0.05, 0.1) is 19.6 Å². The Balaban J connectivity index is 1.37. The normalized spacial score (nSPS) is 16.4. The fourth-order valence-electron chi connectivity index (χ4n) is 3.91. The molecule has 0 unspecified atom stereocenters. The molecular weight excluding hydrogens is 396 g/mol. The molecule has 170 valence electrons.